The molecular formula is C15H24N2O2. The molecule has 0 aliphatic rings. The molecule has 0 N–H and O–H groups in total. The molecule has 0 amide bonds. The number of likely N-dealkylation sites (N-methyl/N-ethyl adjacent to an activating group) is 1. The lowest BCUT2D eigenvalue weighted by Crippen LogP contribution is -2.26. The molecule has 0 spiro atoms. The van der Waals surface area contributed by atoms with Gasteiger partial charge in [-0.05, 0) is 19.0 Å². The molecule has 0 unspecified atom stereocenters. The molecule has 19 heavy (non-hydrogen) atoms. The van der Waals surface area contributed by atoms with Gasteiger partial charge in [-0.3, -0.25) is 9.69 Å². The molecule has 1 heterocycles. The summed E-state index contributed by atoms with van der Waals surface area (Å²) in [5.41, 5.74) is 2.30. The Labute approximate surface area is 115 Å². The molecule has 0 atom stereocenters. The van der Waals surface area contributed by atoms with Crippen LogP contribution in [0, 0.1) is 0 Å². The van der Waals surface area contributed by atoms with Gasteiger partial charge >= 0.3 is 0 Å². The van der Waals surface area contributed by atoms with Crippen LogP contribution in [0.1, 0.15) is 19.4 Å². The molecule has 0 radical (unpaired) electrons. The van der Waals surface area contributed by atoms with Crippen molar-refractivity contribution in [2.24, 2.45) is 0 Å². The Hall–Kier alpha value is -1.39. The molecule has 0 saturated carbocycles. The van der Waals surface area contributed by atoms with Crippen LogP contribution in [0.3, 0.4) is 0 Å². The highest BCUT2D eigenvalue weighted by Crippen LogP contribution is 2.05. The first-order valence-corrected chi connectivity index (χ1v) is 6.61. The second kappa shape index (κ2) is 7.92. The summed E-state index contributed by atoms with van der Waals surface area (Å²) in [4.78, 5) is 14.0. The number of rotatable bonds is 8. The van der Waals surface area contributed by atoms with Crippen LogP contribution >= 0.6 is 0 Å². The van der Waals surface area contributed by atoms with Crippen molar-refractivity contribution in [3.63, 3.8) is 0 Å². The minimum absolute atomic E-state index is 0.0174. The van der Waals surface area contributed by atoms with Gasteiger partial charge in [0.2, 0.25) is 0 Å². The molecule has 0 aromatic carbocycles. The minimum Gasteiger partial charge on any atom is -0.383 e. The highest BCUT2D eigenvalue weighted by molar-refractivity contribution is 5.10. The lowest BCUT2D eigenvalue weighted by Gasteiger charge is -2.20. The van der Waals surface area contributed by atoms with E-state index in [9.17, 15) is 4.79 Å². The Morgan fingerprint density at radius 2 is 2.21 bits per heavy atom. The van der Waals surface area contributed by atoms with Gasteiger partial charge in [-0.1, -0.05) is 25.1 Å². The van der Waals surface area contributed by atoms with Gasteiger partial charge in [0, 0.05) is 39.0 Å². The standard InChI is InChI=1S/C15H24N2O2/c1-5-16(10-13(2)3)11-14-6-7-15(18)17(12-14)8-9-19-4/h6-7,12H,2,5,8-11H2,1,3-4H3. The van der Waals surface area contributed by atoms with E-state index in [-0.39, 0.29) is 5.56 Å². The summed E-state index contributed by atoms with van der Waals surface area (Å²) in [6.45, 7) is 11.9. The number of nitrogens with zero attached hydrogens (tertiary/aromatic N) is 2. The third-order valence-corrected chi connectivity index (χ3v) is 2.93. The van der Waals surface area contributed by atoms with Crippen molar-refractivity contribution in [3.8, 4) is 0 Å². The minimum atomic E-state index is 0.0174. The molecule has 4 heteroatoms. The van der Waals surface area contributed by atoms with Gasteiger partial charge in [-0.15, -0.1) is 0 Å². The van der Waals surface area contributed by atoms with Crippen LogP contribution in [0.4, 0.5) is 0 Å². The fourth-order valence-electron chi connectivity index (χ4n) is 1.96. The molecule has 1 aromatic rings. The fourth-order valence-corrected chi connectivity index (χ4v) is 1.96. The van der Waals surface area contributed by atoms with Crippen LogP contribution in [0.15, 0.2) is 35.3 Å². The van der Waals surface area contributed by atoms with Crippen molar-refractivity contribution in [2.45, 2.75) is 26.9 Å². The zero-order valence-corrected chi connectivity index (χ0v) is 12.2. The first-order valence-electron chi connectivity index (χ1n) is 6.61. The van der Waals surface area contributed by atoms with E-state index in [0.29, 0.717) is 13.2 Å². The first kappa shape index (κ1) is 15.7. The second-order valence-corrected chi connectivity index (χ2v) is 4.82. The average molecular weight is 264 g/mol. The summed E-state index contributed by atoms with van der Waals surface area (Å²) in [5, 5.41) is 0. The van der Waals surface area contributed by atoms with Crippen molar-refractivity contribution in [1.82, 2.24) is 9.47 Å². The third kappa shape index (κ3) is 5.41. The Kier molecular flexibility index (Phi) is 6.53. The summed E-state index contributed by atoms with van der Waals surface area (Å²) < 4.78 is 6.72. The van der Waals surface area contributed by atoms with Crippen molar-refractivity contribution < 1.29 is 4.74 Å². The summed E-state index contributed by atoms with van der Waals surface area (Å²) in [6, 6.07) is 3.52. The van der Waals surface area contributed by atoms with Crippen LogP contribution in [0.25, 0.3) is 0 Å². The molecule has 0 bridgehead atoms. The van der Waals surface area contributed by atoms with Gasteiger partial charge in [0.25, 0.3) is 5.56 Å². The number of aromatic nitrogens is 1. The SMILES string of the molecule is C=C(C)CN(CC)Cc1ccc(=O)n(CCOC)c1. The average Bonchev–Trinajstić information content (AvgIpc) is 2.38. The first-order chi connectivity index (χ1) is 9.06. The summed E-state index contributed by atoms with van der Waals surface area (Å²) in [6.07, 6.45) is 1.92. The molecular weight excluding hydrogens is 240 g/mol. The van der Waals surface area contributed by atoms with Gasteiger partial charge in [0.15, 0.2) is 0 Å². The third-order valence-electron chi connectivity index (χ3n) is 2.93. The second-order valence-electron chi connectivity index (χ2n) is 4.82. The normalized spacial score (nSPS) is 10.9. The van der Waals surface area contributed by atoms with Crippen LogP contribution in [0.5, 0.6) is 0 Å². The van der Waals surface area contributed by atoms with Gasteiger partial charge < -0.3 is 9.30 Å². The molecule has 0 saturated heterocycles. The van der Waals surface area contributed by atoms with E-state index in [2.05, 4.69) is 18.4 Å². The van der Waals surface area contributed by atoms with Gasteiger partial charge in [0.05, 0.1) is 6.61 Å². The van der Waals surface area contributed by atoms with Gasteiger partial charge in [-0.2, -0.15) is 0 Å². The van der Waals surface area contributed by atoms with Crippen molar-refractivity contribution >= 4 is 0 Å². The van der Waals surface area contributed by atoms with Crippen molar-refractivity contribution in [3.05, 3.63) is 46.4 Å². The van der Waals surface area contributed by atoms with E-state index in [4.69, 9.17) is 4.74 Å². The molecule has 0 aliphatic carbocycles. The number of hydrogen-bond acceptors (Lipinski definition) is 3. The highest BCUT2D eigenvalue weighted by Gasteiger charge is 2.05. The van der Waals surface area contributed by atoms with Crippen LogP contribution in [-0.2, 0) is 17.8 Å². The Bertz CT molecular complexity index is 465. The lowest BCUT2D eigenvalue weighted by atomic mass is 10.2. The molecule has 0 aliphatic heterocycles. The molecule has 106 valence electrons. The van der Waals surface area contributed by atoms with E-state index in [1.165, 1.54) is 0 Å². The van der Waals surface area contributed by atoms with Crippen LogP contribution in [0.2, 0.25) is 0 Å². The smallest absolute Gasteiger partial charge is 0.250 e. The predicted molar refractivity (Wildman–Crippen MR) is 78.3 cm³/mol. The van der Waals surface area contributed by atoms with Gasteiger partial charge in [0.1, 0.15) is 0 Å². The number of ether oxygens (including phenoxy) is 1. The summed E-state index contributed by atoms with van der Waals surface area (Å²) in [5.74, 6) is 0. The number of pyridine rings is 1. The largest absolute Gasteiger partial charge is 0.383 e. The Morgan fingerprint density at radius 3 is 2.79 bits per heavy atom. The lowest BCUT2D eigenvalue weighted by molar-refractivity contribution is 0.186. The maximum Gasteiger partial charge on any atom is 0.250 e. The van der Waals surface area contributed by atoms with Crippen molar-refractivity contribution in [1.29, 1.82) is 0 Å². The monoisotopic (exact) mass is 264 g/mol. The molecule has 0 fully saturated rings. The summed E-state index contributed by atoms with van der Waals surface area (Å²) >= 11 is 0. The maximum absolute atomic E-state index is 11.7. The van der Waals surface area contributed by atoms with Crippen LogP contribution in [-0.4, -0.2) is 36.3 Å². The Balaban J connectivity index is 2.77. The van der Waals surface area contributed by atoms with E-state index in [1.807, 2.05) is 19.2 Å². The van der Waals surface area contributed by atoms with Gasteiger partial charge in [-0.25, -0.2) is 0 Å². The zero-order valence-electron chi connectivity index (χ0n) is 12.2. The maximum atomic E-state index is 11.7. The zero-order chi connectivity index (χ0) is 14.3. The van der Waals surface area contributed by atoms with Crippen LogP contribution < -0.4 is 5.56 Å². The highest BCUT2D eigenvalue weighted by atomic mass is 16.5. The number of methoxy groups -OCH3 is 1. The molecule has 4 nitrogen and oxygen atoms in total. The predicted octanol–water partition coefficient (Wildman–Crippen LogP) is 1.89. The Morgan fingerprint density at radius 1 is 1.47 bits per heavy atom. The fraction of sp³-hybridized carbons (Fsp3) is 0.533. The summed E-state index contributed by atoms with van der Waals surface area (Å²) in [7, 11) is 1.64. The van der Waals surface area contributed by atoms with E-state index >= 15 is 0 Å². The number of hydrogen-bond donors (Lipinski definition) is 0. The van der Waals surface area contributed by atoms with E-state index in [0.717, 1.165) is 30.8 Å². The topological polar surface area (TPSA) is 34.5 Å². The van der Waals surface area contributed by atoms with E-state index in [1.54, 1.807) is 17.7 Å². The quantitative estimate of drug-likeness (QED) is 0.673. The van der Waals surface area contributed by atoms with Crippen molar-refractivity contribution in [2.75, 3.05) is 26.8 Å². The molecule has 1 rings (SSSR count). The van der Waals surface area contributed by atoms with E-state index < -0.39 is 0 Å². The molecule has 1 aromatic heterocycles.